The van der Waals surface area contributed by atoms with Crippen molar-refractivity contribution in [2.45, 2.75) is 64.0 Å². The van der Waals surface area contributed by atoms with Crippen LogP contribution >= 0.6 is 11.6 Å². The van der Waals surface area contributed by atoms with Crippen molar-refractivity contribution < 1.29 is 18.6 Å². The third-order valence-corrected chi connectivity index (χ3v) is 9.33. The molecule has 0 unspecified atom stereocenters. The first-order chi connectivity index (χ1) is 21.8. The molecular formula is C33H33ClFN7O3. The molecule has 0 amide bonds. The van der Waals surface area contributed by atoms with E-state index in [1.807, 2.05) is 42.7 Å². The molecule has 45 heavy (non-hydrogen) atoms. The van der Waals surface area contributed by atoms with Crippen molar-refractivity contribution in [2.75, 3.05) is 19.7 Å². The van der Waals surface area contributed by atoms with E-state index in [4.69, 9.17) is 30.8 Å². The molecule has 3 aromatic heterocycles. The Morgan fingerprint density at radius 1 is 1.09 bits per heavy atom. The molecule has 5 aromatic rings. The van der Waals surface area contributed by atoms with E-state index < -0.39 is 5.79 Å². The lowest BCUT2D eigenvalue weighted by Gasteiger charge is -2.33. The molecule has 2 aromatic carbocycles. The van der Waals surface area contributed by atoms with Crippen molar-refractivity contribution in [1.82, 2.24) is 34.6 Å². The van der Waals surface area contributed by atoms with Gasteiger partial charge in [-0.15, -0.1) is 0 Å². The van der Waals surface area contributed by atoms with Gasteiger partial charge in [0.25, 0.3) is 5.79 Å². The Labute approximate surface area is 264 Å². The largest absolute Gasteiger partial charge is 0.443 e. The van der Waals surface area contributed by atoms with Gasteiger partial charge in [0, 0.05) is 30.9 Å². The number of ether oxygens (including phenoxy) is 3. The summed E-state index contributed by atoms with van der Waals surface area (Å²) in [6, 6.07) is 13.1. The Balaban J connectivity index is 1.01. The van der Waals surface area contributed by atoms with Crippen LogP contribution in [0.15, 0.2) is 48.7 Å². The first-order valence-electron chi connectivity index (χ1n) is 15.4. The van der Waals surface area contributed by atoms with Gasteiger partial charge < -0.3 is 18.8 Å². The molecule has 0 saturated carbocycles. The number of H-pyrrole nitrogens is 1. The molecule has 10 nitrogen and oxygen atoms in total. The van der Waals surface area contributed by atoms with E-state index in [2.05, 4.69) is 31.1 Å². The number of aromatic nitrogens is 6. The number of nitrogens with zero attached hydrogens (tertiary/aromatic N) is 6. The van der Waals surface area contributed by atoms with Gasteiger partial charge in [-0.25, -0.2) is 14.4 Å². The SMILES string of the molecule is Cc1nc(-c2cc(F)c3c(c2)nc(CN2CCC(c4cccc5c4O[C@@](C)(c4ccc(Cl)cn4)O5)CC2)n3C[C@@H]2CCO2)n[nH]1. The Kier molecular flexibility index (Phi) is 7.00. The Morgan fingerprint density at radius 3 is 2.64 bits per heavy atom. The number of likely N-dealkylation sites (tertiary alicyclic amines) is 1. The average Bonchev–Trinajstić information content (AvgIpc) is 3.70. The molecule has 0 aliphatic carbocycles. The smallest absolute Gasteiger partial charge is 0.292 e. The molecular weight excluding hydrogens is 597 g/mol. The molecule has 2 atom stereocenters. The molecule has 0 radical (unpaired) electrons. The van der Waals surface area contributed by atoms with E-state index in [0.29, 0.717) is 58.0 Å². The molecule has 232 valence electrons. The minimum atomic E-state index is -1.02. The lowest BCUT2D eigenvalue weighted by molar-refractivity contribution is -0.0722. The average molecular weight is 630 g/mol. The lowest BCUT2D eigenvalue weighted by atomic mass is 9.88. The van der Waals surface area contributed by atoms with E-state index in [9.17, 15) is 0 Å². The van der Waals surface area contributed by atoms with E-state index in [-0.39, 0.29) is 11.9 Å². The predicted octanol–water partition coefficient (Wildman–Crippen LogP) is 6.13. The molecule has 12 heteroatoms. The minimum absolute atomic E-state index is 0.0674. The minimum Gasteiger partial charge on any atom is -0.443 e. The zero-order valence-corrected chi connectivity index (χ0v) is 25.9. The summed E-state index contributed by atoms with van der Waals surface area (Å²) in [7, 11) is 0. The quantitative estimate of drug-likeness (QED) is 0.229. The van der Waals surface area contributed by atoms with E-state index in [0.717, 1.165) is 61.8 Å². The van der Waals surface area contributed by atoms with Crippen LogP contribution in [0.2, 0.25) is 5.02 Å². The van der Waals surface area contributed by atoms with Crippen LogP contribution in [0.4, 0.5) is 4.39 Å². The number of aryl methyl sites for hydroxylation is 1. The van der Waals surface area contributed by atoms with Crippen LogP contribution in [-0.4, -0.2) is 60.4 Å². The number of imidazole rings is 1. The van der Waals surface area contributed by atoms with Crippen molar-refractivity contribution in [2.24, 2.45) is 0 Å². The van der Waals surface area contributed by atoms with Crippen LogP contribution < -0.4 is 9.47 Å². The predicted molar refractivity (Wildman–Crippen MR) is 166 cm³/mol. The lowest BCUT2D eigenvalue weighted by Crippen LogP contribution is -2.35. The molecule has 0 spiro atoms. The second-order valence-corrected chi connectivity index (χ2v) is 12.7. The van der Waals surface area contributed by atoms with Gasteiger partial charge in [-0.2, -0.15) is 5.10 Å². The summed E-state index contributed by atoms with van der Waals surface area (Å²) in [6.45, 7) is 7.39. The number of rotatable bonds is 7. The third-order valence-electron chi connectivity index (χ3n) is 9.11. The summed E-state index contributed by atoms with van der Waals surface area (Å²) >= 11 is 6.06. The van der Waals surface area contributed by atoms with Gasteiger partial charge in [0.15, 0.2) is 17.3 Å². The normalized spacial score (nSPS) is 21.8. The number of hydrogen-bond acceptors (Lipinski definition) is 8. The number of fused-ring (bicyclic) bond motifs is 2. The standard InChI is InChI=1S/C33H33ClFN7O3/c1-19-37-32(40-39-19)21-14-25(35)30-26(15-21)38-29(42(30)17-23-10-13-43-23)18-41-11-8-20(9-12-41)24-4-3-5-27-31(24)45-33(2,44-27)28-7-6-22(34)16-36-28/h3-7,14-16,20,23H,8-13,17-18H2,1-2H3,(H,37,39,40)/t23-,33-/m0/s1. The van der Waals surface area contributed by atoms with Crippen molar-refractivity contribution in [3.8, 4) is 22.9 Å². The van der Waals surface area contributed by atoms with Gasteiger partial charge in [0.2, 0.25) is 0 Å². The molecule has 8 rings (SSSR count). The van der Waals surface area contributed by atoms with Crippen LogP contribution in [0.5, 0.6) is 11.5 Å². The molecule has 6 heterocycles. The monoisotopic (exact) mass is 629 g/mol. The second-order valence-electron chi connectivity index (χ2n) is 12.2. The second kappa shape index (κ2) is 11.1. The van der Waals surface area contributed by atoms with Crippen molar-refractivity contribution in [1.29, 1.82) is 0 Å². The van der Waals surface area contributed by atoms with Crippen molar-refractivity contribution in [3.63, 3.8) is 0 Å². The highest BCUT2D eigenvalue weighted by atomic mass is 35.5. The summed E-state index contributed by atoms with van der Waals surface area (Å²) in [5.74, 6) is 2.44. The van der Waals surface area contributed by atoms with Gasteiger partial charge in [-0.3, -0.25) is 15.0 Å². The summed E-state index contributed by atoms with van der Waals surface area (Å²) in [6.07, 6.45) is 4.53. The van der Waals surface area contributed by atoms with E-state index in [1.165, 1.54) is 6.07 Å². The highest BCUT2D eigenvalue weighted by Gasteiger charge is 2.42. The number of aromatic amines is 1. The number of benzene rings is 2. The molecule has 1 N–H and O–H groups in total. The number of nitrogens with one attached hydrogen (secondary N) is 1. The van der Waals surface area contributed by atoms with Gasteiger partial charge in [0.05, 0.1) is 29.7 Å². The maximum Gasteiger partial charge on any atom is 0.292 e. The van der Waals surface area contributed by atoms with Crippen molar-refractivity contribution in [3.05, 3.63) is 82.4 Å². The van der Waals surface area contributed by atoms with Gasteiger partial charge in [0.1, 0.15) is 28.7 Å². The van der Waals surface area contributed by atoms with Crippen LogP contribution in [0, 0.1) is 12.7 Å². The maximum atomic E-state index is 15.7. The highest BCUT2D eigenvalue weighted by molar-refractivity contribution is 6.30. The fourth-order valence-corrected chi connectivity index (χ4v) is 6.75. The van der Waals surface area contributed by atoms with Crippen LogP contribution in [0.25, 0.3) is 22.4 Å². The zero-order valence-electron chi connectivity index (χ0n) is 25.1. The highest BCUT2D eigenvalue weighted by Crippen LogP contribution is 2.49. The summed E-state index contributed by atoms with van der Waals surface area (Å²) in [4.78, 5) is 16.2. The summed E-state index contributed by atoms with van der Waals surface area (Å²) in [5, 5.41) is 7.62. The number of piperidine rings is 1. The third kappa shape index (κ3) is 5.22. The fraction of sp³-hybridized carbons (Fsp3) is 0.394. The molecule has 3 aliphatic heterocycles. The van der Waals surface area contributed by atoms with Crippen LogP contribution in [0.1, 0.15) is 55.0 Å². The summed E-state index contributed by atoms with van der Waals surface area (Å²) < 4.78 is 36.2. The number of halogens is 2. The fourth-order valence-electron chi connectivity index (χ4n) is 6.64. The topological polar surface area (TPSA) is 103 Å². The van der Waals surface area contributed by atoms with E-state index in [1.54, 1.807) is 12.3 Å². The molecule has 2 saturated heterocycles. The maximum absolute atomic E-state index is 15.7. The first kappa shape index (κ1) is 28.4. The number of hydrogen-bond donors (Lipinski definition) is 1. The van der Waals surface area contributed by atoms with E-state index >= 15 is 4.39 Å². The Hall–Kier alpha value is -4.06. The molecule has 2 fully saturated rings. The van der Waals surface area contributed by atoms with Gasteiger partial charge in [-0.1, -0.05) is 23.7 Å². The van der Waals surface area contributed by atoms with Crippen molar-refractivity contribution >= 4 is 22.6 Å². The molecule has 0 bridgehead atoms. The van der Waals surface area contributed by atoms with Crippen LogP contribution in [0.3, 0.4) is 0 Å². The summed E-state index contributed by atoms with van der Waals surface area (Å²) in [5.41, 5.74) is 3.52. The van der Waals surface area contributed by atoms with Crippen LogP contribution in [-0.2, 0) is 23.6 Å². The zero-order chi connectivity index (χ0) is 30.7. The number of para-hydroxylation sites is 1. The first-order valence-corrected chi connectivity index (χ1v) is 15.8. The Bertz CT molecular complexity index is 1880. The van der Waals surface area contributed by atoms with Gasteiger partial charge >= 0.3 is 0 Å². The Morgan fingerprint density at radius 2 is 1.93 bits per heavy atom. The molecule has 3 aliphatic rings. The number of pyridine rings is 1. The van der Waals surface area contributed by atoms with Gasteiger partial charge in [-0.05, 0) is 75.5 Å².